The molecule has 2 aliphatic rings. The predicted molar refractivity (Wildman–Crippen MR) is 68.7 cm³/mol. The third-order valence-electron chi connectivity index (χ3n) is 3.57. The molecule has 1 atom stereocenters. The minimum Gasteiger partial charge on any atom is -0.508 e. The summed E-state index contributed by atoms with van der Waals surface area (Å²) in [6.45, 7) is 0.921. The fourth-order valence-electron chi connectivity index (χ4n) is 2.64. The lowest BCUT2D eigenvalue weighted by atomic mass is 9.74. The molecule has 0 bridgehead atoms. The van der Waals surface area contributed by atoms with Crippen LogP contribution in [0.4, 0.5) is 0 Å². The van der Waals surface area contributed by atoms with Crippen molar-refractivity contribution in [3.63, 3.8) is 0 Å². The second-order valence-corrected chi connectivity index (χ2v) is 4.78. The van der Waals surface area contributed by atoms with Gasteiger partial charge in [-0.05, 0) is 35.4 Å². The monoisotopic (exact) mass is 258 g/mol. The van der Waals surface area contributed by atoms with Crippen molar-refractivity contribution in [2.24, 2.45) is 0 Å². The fraction of sp³-hybridized carbons (Fsp3) is 0.267. The summed E-state index contributed by atoms with van der Waals surface area (Å²) in [5.41, 5.74) is 1.48. The van der Waals surface area contributed by atoms with Crippen LogP contribution in [0.15, 0.2) is 42.2 Å². The van der Waals surface area contributed by atoms with E-state index < -0.39 is 5.41 Å². The van der Waals surface area contributed by atoms with Crippen molar-refractivity contribution in [2.75, 3.05) is 13.7 Å². The molecule has 19 heavy (non-hydrogen) atoms. The van der Waals surface area contributed by atoms with Gasteiger partial charge >= 0.3 is 0 Å². The van der Waals surface area contributed by atoms with E-state index in [0.717, 1.165) is 11.1 Å². The smallest absolute Gasteiger partial charge is 0.219 e. The minimum absolute atomic E-state index is 0.140. The third kappa shape index (κ3) is 1.85. The maximum Gasteiger partial charge on any atom is 0.219 e. The van der Waals surface area contributed by atoms with Crippen molar-refractivity contribution in [2.45, 2.75) is 12.0 Å². The molecule has 0 unspecified atom stereocenters. The van der Waals surface area contributed by atoms with E-state index in [1.807, 2.05) is 12.1 Å². The number of rotatable bonds is 1. The van der Waals surface area contributed by atoms with Gasteiger partial charge in [0.1, 0.15) is 5.75 Å². The van der Waals surface area contributed by atoms with Gasteiger partial charge in [0.2, 0.25) is 5.78 Å². The molecule has 98 valence electrons. The summed E-state index contributed by atoms with van der Waals surface area (Å²) in [6, 6.07) is 5.22. The normalized spacial score (nSPS) is 25.1. The number of ether oxygens (including phenoxy) is 2. The van der Waals surface area contributed by atoms with Gasteiger partial charge in [-0.1, -0.05) is 12.1 Å². The van der Waals surface area contributed by atoms with Gasteiger partial charge in [-0.25, -0.2) is 0 Å². The van der Waals surface area contributed by atoms with E-state index in [0.29, 0.717) is 19.0 Å². The minimum atomic E-state index is -0.486. The van der Waals surface area contributed by atoms with Crippen molar-refractivity contribution in [1.29, 1.82) is 0 Å². The highest BCUT2D eigenvalue weighted by Crippen LogP contribution is 2.39. The zero-order valence-electron chi connectivity index (χ0n) is 10.6. The molecule has 0 radical (unpaired) electrons. The Morgan fingerprint density at radius 1 is 1.42 bits per heavy atom. The lowest BCUT2D eigenvalue weighted by Gasteiger charge is -2.36. The third-order valence-corrected chi connectivity index (χ3v) is 3.57. The molecule has 1 aliphatic heterocycles. The van der Waals surface area contributed by atoms with Crippen LogP contribution in [0.25, 0.3) is 0 Å². The number of fused-ring (bicyclic) bond motifs is 2. The quantitative estimate of drug-likeness (QED) is 0.835. The van der Waals surface area contributed by atoms with Crippen LogP contribution in [-0.2, 0) is 26.3 Å². The Bertz CT molecular complexity index is 600. The zero-order chi connectivity index (χ0) is 13.5. The first-order chi connectivity index (χ1) is 9.14. The van der Waals surface area contributed by atoms with Crippen LogP contribution in [-0.4, -0.2) is 24.6 Å². The number of ketones is 1. The maximum atomic E-state index is 11.7. The van der Waals surface area contributed by atoms with Crippen molar-refractivity contribution in [3.8, 4) is 5.75 Å². The molecule has 0 fully saturated rings. The number of methoxy groups -OCH3 is 1. The van der Waals surface area contributed by atoms with Gasteiger partial charge in [-0.3, -0.25) is 4.79 Å². The number of allylic oxidation sites excluding steroid dienone is 1. The van der Waals surface area contributed by atoms with E-state index in [1.165, 1.54) is 13.2 Å². The van der Waals surface area contributed by atoms with Gasteiger partial charge < -0.3 is 14.6 Å². The van der Waals surface area contributed by atoms with Crippen LogP contribution in [0, 0.1) is 0 Å². The van der Waals surface area contributed by atoms with E-state index >= 15 is 0 Å². The lowest BCUT2D eigenvalue weighted by Crippen LogP contribution is -2.35. The van der Waals surface area contributed by atoms with Crippen LogP contribution < -0.4 is 0 Å². The summed E-state index contributed by atoms with van der Waals surface area (Å²) in [4.78, 5) is 11.7. The Morgan fingerprint density at radius 2 is 2.26 bits per heavy atom. The Kier molecular flexibility index (Phi) is 2.68. The SMILES string of the molecule is COC1=C[C@]2(C=CC1=O)COCc1cc(O)ccc12. The molecule has 4 nitrogen and oxygen atoms in total. The summed E-state index contributed by atoms with van der Waals surface area (Å²) in [6.07, 6.45) is 5.15. The van der Waals surface area contributed by atoms with Gasteiger partial charge in [-0.2, -0.15) is 0 Å². The van der Waals surface area contributed by atoms with Gasteiger partial charge in [0.15, 0.2) is 5.76 Å². The number of phenols is 1. The van der Waals surface area contributed by atoms with E-state index in [9.17, 15) is 9.90 Å². The summed E-state index contributed by atoms with van der Waals surface area (Å²) in [7, 11) is 1.48. The molecule has 4 heteroatoms. The van der Waals surface area contributed by atoms with Gasteiger partial charge in [-0.15, -0.1) is 0 Å². The van der Waals surface area contributed by atoms with Gasteiger partial charge in [0.05, 0.1) is 25.7 Å². The summed E-state index contributed by atoms with van der Waals surface area (Å²) < 4.78 is 10.7. The number of hydrogen-bond donors (Lipinski definition) is 1. The topological polar surface area (TPSA) is 55.8 Å². The molecule has 0 saturated carbocycles. The molecular weight excluding hydrogens is 244 g/mol. The van der Waals surface area contributed by atoms with Crippen LogP contribution in [0.2, 0.25) is 0 Å². The molecule has 1 aromatic rings. The highest BCUT2D eigenvalue weighted by molar-refractivity contribution is 6.04. The van der Waals surface area contributed by atoms with Crippen LogP contribution in [0.5, 0.6) is 5.75 Å². The summed E-state index contributed by atoms with van der Waals surface area (Å²) >= 11 is 0. The fourth-order valence-corrected chi connectivity index (χ4v) is 2.64. The number of carbonyl (C=O) groups is 1. The zero-order valence-corrected chi connectivity index (χ0v) is 10.6. The predicted octanol–water partition coefficient (Wildman–Crippen LogP) is 1.83. The molecule has 0 amide bonds. The van der Waals surface area contributed by atoms with Crippen molar-refractivity contribution >= 4 is 5.78 Å². The average Bonchev–Trinajstić information content (AvgIpc) is 2.41. The van der Waals surface area contributed by atoms with Gasteiger partial charge in [0.25, 0.3) is 0 Å². The number of hydrogen-bond acceptors (Lipinski definition) is 4. The number of benzene rings is 1. The first-order valence-electron chi connectivity index (χ1n) is 6.05. The Balaban J connectivity index is 2.15. The molecule has 1 heterocycles. The molecule has 1 N–H and O–H groups in total. The molecule has 3 rings (SSSR count). The molecule has 0 saturated heterocycles. The first-order valence-corrected chi connectivity index (χ1v) is 6.05. The van der Waals surface area contributed by atoms with Gasteiger partial charge in [0, 0.05) is 0 Å². The Morgan fingerprint density at radius 3 is 3.05 bits per heavy atom. The summed E-state index contributed by atoms with van der Waals surface area (Å²) in [5.74, 6) is 0.400. The number of aromatic hydroxyl groups is 1. The average molecular weight is 258 g/mol. The summed E-state index contributed by atoms with van der Waals surface area (Å²) in [5, 5.41) is 9.55. The van der Waals surface area contributed by atoms with Crippen molar-refractivity contribution in [3.05, 3.63) is 53.3 Å². The van der Waals surface area contributed by atoms with E-state index in [-0.39, 0.29) is 11.5 Å². The van der Waals surface area contributed by atoms with Crippen molar-refractivity contribution in [1.82, 2.24) is 0 Å². The van der Waals surface area contributed by atoms with Crippen LogP contribution >= 0.6 is 0 Å². The second kappa shape index (κ2) is 4.24. The van der Waals surface area contributed by atoms with Crippen molar-refractivity contribution < 1.29 is 19.4 Å². The maximum absolute atomic E-state index is 11.7. The lowest BCUT2D eigenvalue weighted by molar-refractivity contribution is -0.114. The second-order valence-electron chi connectivity index (χ2n) is 4.78. The highest BCUT2D eigenvalue weighted by Gasteiger charge is 2.37. The van der Waals surface area contributed by atoms with E-state index in [2.05, 4.69) is 0 Å². The van der Waals surface area contributed by atoms with Crippen LogP contribution in [0.3, 0.4) is 0 Å². The first kappa shape index (κ1) is 12.0. The highest BCUT2D eigenvalue weighted by atomic mass is 16.5. The molecule has 0 aromatic heterocycles. The van der Waals surface area contributed by atoms with Crippen LogP contribution in [0.1, 0.15) is 11.1 Å². The Labute approximate surface area is 111 Å². The van der Waals surface area contributed by atoms with E-state index in [1.54, 1.807) is 18.2 Å². The standard InChI is InChI=1S/C15H14O4/c1-18-14-7-15(5-4-13(14)17)9-19-8-10-6-11(16)2-3-12(10)15/h2-7,16H,8-9H2,1H3/t15-/m1/s1. The number of carbonyl (C=O) groups excluding carboxylic acids is 1. The molecule has 1 aromatic carbocycles. The van der Waals surface area contributed by atoms with E-state index in [4.69, 9.17) is 9.47 Å². The molecule has 1 spiro atoms. The molecule has 1 aliphatic carbocycles. The number of phenolic OH excluding ortho intramolecular Hbond substituents is 1. The largest absolute Gasteiger partial charge is 0.508 e. The molecular formula is C15H14O4. The Hall–Kier alpha value is -2.07.